The summed E-state index contributed by atoms with van der Waals surface area (Å²) in [7, 11) is 0. The normalized spacial score (nSPS) is 10.5. The van der Waals surface area contributed by atoms with Crippen LogP contribution in [0.2, 0.25) is 0 Å². The van der Waals surface area contributed by atoms with E-state index in [2.05, 4.69) is 10.2 Å². The highest BCUT2D eigenvalue weighted by Crippen LogP contribution is 2.21. The van der Waals surface area contributed by atoms with Crippen molar-refractivity contribution >= 4 is 5.97 Å². The first-order chi connectivity index (χ1) is 6.18. The van der Waals surface area contributed by atoms with Gasteiger partial charge in [0.25, 0.3) is 0 Å². The highest BCUT2D eigenvalue weighted by Gasteiger charge is 2.17. The molecule has 6 heteroatoms. The van der Waals surface area contributed by atoms with Gasteiger partial charge < -0.3 is 10.3 Å². The Morgan fingerprint density at radius 1 is 1.46 bits per heavy atom. The van der Waals surface area contributed by atoms with E-state index in [-0.39, 0.29) is 5.56 Å². The third-order valence-electron chi connectivity index (χ3n) is 1.66. The van der Waals surface area contributed by atoms with E-state index in [1.54, 1.807) is 0 Å². The number of carbonyl (C=O) groups is 1. The van der Waals surface area contributed by atoms with Crippen LogP contribution in [0, 0.1) is 0 Å². The Morgan fingerprint density at radius 3 is 2.92 bits per heavy atom. The number of aromatic nitrogens is 3. The Labute approximate surface area is 72.4 Å². The molecule has 0 bridgehead atoms. The monoisotopic (exact) mass is 179 g/mol. The summed E-state index contributed by atoms with van der Waals surface area (Å²) in [5.74, 6) is -1.12. The molecule has 0 aliphatic carbocycles. The molecule has 0 unspecified atom stereocenters. The van der Waals surface area contributed by atoms with Crippen LogP contribution < -0.4 is 0 Å². The van der Waals surface area contributed by atoms with Gasteiger partial charge in [-0.05, 0) is 0 Å². The molecule has 2 aliphatic rings. The van der Waals surface area contributed by atoms with Gasteiger partial charge in [0.15, 0.2) is 0 Å². The van der Waals surface area contributed by atoms with Gasteiger partial charge in [-0.1, -0.05) is 0 Å². The zero-order chi connectivity index (χ0) is 9.42. The van der Waals surface area contributed by atoms with Crippen molar-refractivity contribution in [3.05, 3.63) is 24.2 Å². The Balaban J connectivity index is 2.75. The molecule has 2 aliphatic heterocycles. The van der Waals surface area contributed by atoms with Gasteiger partial charge in [0.1, 0.15) is 5.69 Å². The summed E-state index contributed by atoms with van der Waals surface area (Å²) in [6.45, 7) is 0. The Kier molecular flexibility index (Phi) is 1.42. The Hall–Kier alpha value is -2.11. The molecule has 0 aromatic carbocycles. The predicted molar refractivity (Wildman–Crippen MR) is 40.8 cm³/mol. The van der Waals surface area contributed by atoms with E-state index in [9.17, 15) is 4.79 Å². The molecule has 0 spiro atoms. The minimum absolute atomic E-state index is 0.0231. The molecular formula is C7H5N3O3. The summed E-state index contributed by atoms with van der Waals surface area (Å²) < 4.78 is 0.653. The molecular weight excluding hydrogens is 174 g/mol. The van der Waals surface area contributed by atoms with Gasteiger partial charge in [-0.2, -0.15) is 9.83 Å². The summed E-state index contributed by atoms with van der Waals surface area (Å²) in [6, 6.07) is 0. The van der Waals surface area contributed by atoms with Gasteiger partial charge in [0.05, 0.1) is 24.2 Å². The lowest BCUT2D eigenvalue weighted by molar-refractivity contribution is 0.0692. The standard InChI is InChI=1S/C7H5N3O3/c11-7(12)5-2-10(13)3-6-4(5)1-8-9-6/h1-3,13H,(H,11,12). The summed E-state index contributed by atoms with van der Waals surface area (Å²) in [4.78, 5) is 10.7. The third kappa shape index (κ3) is 1.08. The van der Waals surface area contributed by atoms with Crippen LogP contribution in [0.4, 0.5) is 0 Å². The second-order valence-corrected chi connectivity index (χ2v) is 2.50. The molecule has 0 saturated heterocycles. The summed E-state index contributed by atoms with van der Waals surface area (Å²) in [6.07, 6.45) is 3.72. The van der Waals surface area contributed by atoms with Crippen LogP contribution in [0.25, 0.3) is 11.3 Å². The lowest BCUT2D eigenvalue weighted by Crippen LogP contribution is -2.04. The highest BCUT2D eigenvalue weighted by atomic mass is 16.5. The first-order valence-electron chi connectivity index (χ1n) is 3.44. The fourth-order valence-electron chi connectivity index (χ4n) is 1.11. The van der Waals surface area contributed by atoms with Crippen molar-refractivity contribution in [3.63, 3.8) is 0 Å². The molecule has 6 nitrogen and oxygen atoms in total. The van der Waals surface area contributed by atoms with Crippen molar-refractivity contribution in [3.8, 4) is 11.3 Å². The molecule has 0 saturated carbocycles. The van der Waals surface area contributed by atoms with Gasteiger partial charge in [0.2, 0.25) is 0 Å². The molecule has 0 amide bonds. The van der Waals surface area contributed by atoms with E-state index >= 15 is 0 Å². The Morgan fingerprint density at radius 2 is 2.23 bits per heavy atom. The zero-order valence-corrected chi connectivity index (χ0v) is 6.38. The van der Waals surface area contributed by atoms with E-state index < -0.39 is 5.97 Å². The van der Waals surface area contributed by atoms with E-state index in [4.69, 9.17) is 10.3 Å². The van der Waals surface area contributed by atoms with Crippen LogP contribution in [-0.4, -0.2) is 31.2 Å². The van der Waals surface area contributed by atoms with Crippen molar-refractivity contribution < 1.29 is 15.1 Å². The highest BCUT2D eigenvalue weighted by molar-refractivity contribution is 5.95. The van der Waals surface area contributed by atoms with Crippen LogP contribution in [0.15, 0.2) is 18.6 Å². The number of nitrogens with zero attached hydrogens (tertiary/aromatic N) is 3. The van der Waals surface area contributed by atoms with Gasteiger partial charge >= 0.3 is 5.97 Å². The number of carboxylic acids is 1. The molecule has 2 heterocycles. The maximum atomic E-state index is 10.7. The largest absolute Gasteiger partial charge is 0.478 e. The average molecular weight is 179 g/mol. The fraction of sp³-hybridized carbons (Fsp3) is 0. The van der Waals surface area contributed by atoms with Crippen LogP contribution in [-0.2, 0) is 0 Å². The van der Waals surface area contributed by atoms with Crippen LogP contribution >= 0.6 is 0 Å². The molecule has 2 N–H and O–H groups in total. The molecule has 0 aromatic heterocycles. The molecule has 2 rings (SSSR count). The molecule has 66 valence electrons. The SMILES string of the molecule is O=C(O)c1cn(O)cc2nncc1-2. The average Bonchev–Trinajstić information content (AvgIpc) is 2.49. The number of pyridine rings is 1. The number of hydrogen-bond acceptors (Lipinski definition) is 4. The molecule has 0 atom stereocenters. The second kappa shape index (κ2) is 2.44. The summed E-state index contributed by atoms with van der Waals surface area (Å²) >= 11 is 0. The molecule has 0 radical (unpaired) electrons. The molecule has 0 fully saturated rings. The number of hydrogen-bond donors (Lipinski definition) is 2. The van der Waals surface area contributed by atoms with E-state index in [0.717, 1.165) is 6.20 Å². The van der Waals surface area contributed by atoms with Crippen molar-refractivity contribution in [1.29, 1.82) is 0 Å². The first-order valence-corrected chi connectivity index (χ1v) is 3.44. The molecule has 0 aromatic rings. The fourth-order valence-corrected chi connectivity index (χ4v) is 1.11. The van der Waals surface area contributed by atoms with E-state index in [1.165, 1.54) is 12.4 Å². The van der Waals surface area contributed by atoms with Crippen LogP contribution in [0.1, 0.15) is 10.4 Å². The maximum absolute atomic E-state index is 10.7. The van der Waals surface area contributed by atoms with Gasteiger partial charge in [-0.3, -0.25) is 0 Å². The van der Waals surface area contributed by atoms with Crippen LogP contribution in [0.3, 0.4) is 0 Å². The number of fused-ring (bicyclic) bond motifs is 1. The Bertz CT molecular complexity index is 437. The topological polar surface area (TPSA) is 88.2 Å². The second-order valence-electron chi connectivity index (χ2n) is 2.50. The minimum atomic E-state index is -1.12. The maximum Gasteiger partial charge on any atom is 0.338 e. The minimum Gasteiger partial charge on any atom is -0.478 e. The number of carboxylic acid groups (broad SMARTS) is 1. The predicted octanol–water partition coefficient (Wildman–Crippen LogP) is 0.318. The summed E-state index contributed by atoms with van der Waals surface area (Å²) in [5, 5.41) is 25.0. The van der Waals surface area contributed by atoms with Gasteiger partial charge in [-0.15, -0.1) is 5.10 Å². The van der Waals surface area contributed by atoms with Gasteiger partial charge in [-0.25, -0.2) is 4.79 Å². The zero-order valence-electron chi connectivity index (χ0n) is 6.38. The van der Waals surface area contributed by atoms with Crippen LogP contribution in [0.5, 0.6) is 0 Å². The summed E-state index contributed by atoms with van der Waals surface area (Å²) in [5.41, 5.74) is 0.741. The third-order valence-corrected chi connectivity index (χ3v) is 1.66. The lowest BCUT2D eigenvalue weighted by Gasteiger charge is -2.03. The van der Waals surface area contributed by atoms with Crippen molar-refractivity contribution in [2.24, 2.45) is 0 Å². The van der Waals surface area contributed by atoms with Crippen molar-refractivity contribution in [2.75, 3.05) is 0 Å². The van der Waals surface area contributed by atoms with E-state index in [1.807, 2.05) is 0 Å². The first kappa shape index (κ1) is 7.53. The van der Waals surface area contributed by atoms with E-state index in [0.29, 0.717) is 16.0 Å². The number of aromatic carboxylic acids is 1. The van der Waals surface area contributed by atoms with Crippen molar-refractivity contribution in [2.45, 2.75) is 0 Å². The van der Waals surface area contributed by atoms with Crippen molar-refractivity contribution in [1.82, 2.24) is 14.9 Å². The number of rotatable bonds is 1. The molecule has 13 heavy (non-hydrogen) atoms. The lowest BCUT2D eigenvalue weighted by atomic mass is 10.1. The quantitative estimate of drug-likeness (QED) is 0.615. The van der Waals surface area contributed by atoms with Gasteiger partial charge in [0, 0.05) is 5.56 Å². The smallest absolute Gasteiger partial charge is 0.338 e.